The van der Waals surface area contributed by atoms with E-state index in [0.717, 1.165) is 11.3 Å². The number of rotatable bonds is 8. The van der Waals surface area contributed by atoms with Crippen LogP contribution in [0.2, 0.25) is 5.02 Å². The molecule has 2 rings (SSSR count). The molecule has 2 aromatic carbocycles. The molecule has 0 unspecified atom stereocenters. The van der Waals surface area contributed by atoms with Gasteiger partial charge in [-0.15, -0.1) is 0 Å². The normalized spacial score (nSPS) is 11.6. The van der Waals surface area contributed by atoms with Gasteiger partial charge in [0.2, 0.25) is 0 Å². The van der Waals surface area contributed by atoms with Gasteiger partial charge in [-0.2, -0.15) is 0 Å². The Bertz CT molecular complexity index is 675. The van der Waals surface area contributed by atoms with E-state index in [1.54, 1.807) is 12.1 Å². The Kier molecular flexibility index (Phi) is 6.94. The van der Waals surface area contributed by atoms with Crippen molar-refractivity contribution in [1.82, 2.24) is 5.32 Å². The van der Waals surface area contributed by atoms with Crippen molar-refractivity contribution in [1.29, 1.82) is 0 Å². The third-order valence-corrected chi connectivity index (χ3v) is 3.81. The van der Waals surface area contributed by atoms with Gasteiger partial charge in [-0.1, -0.05) is 48.9 Å². The number of hydrogen-bond donors (Lipinski definition) is 1. The molecule has 0 fully saturated rings. The largest absolute Gasteiger partial charge is 0.494 e. The van der Waals surface area contributed by atoms with E-state index in [0.29, 0.717) is 30.3 Å². The second kappa shape index (κ2) is 9.18. The lowest BCUT2D eigenvalue weighted by Gasteiger charge is -2.18. The van der Waals surface area contributed by atoms with Crippen LogP contribution in [0.25, 0.3) is 0 Å². The predicted octanol–water partition coefficient (Wildman–Crippen LogP) is 4.21. The smallest absolute Gasteiger partial charge is 0.261 e. The Morgan fingerprint density at radius 3 is 2.42 bits per heavy atom. The highest BCUT2D eigenvalue weighted by molar-refractivity contribution is 6.32. The van der Waals surface area contributed by atoms with Gasteiger partial charge in [0.1, 0.15) is 11.5 Å². The molecule has 24 heavy (non-hydrogen) atoms. The average molecular weight is 348 g/mol. The monoisotopic (exact) mass is 347 g/mol. The Labute approximate surface area is 147 Å². The van der Waals surface area contributed by atoms with Crippen molar-refractivity contribution >= 4 is 17.5 Å². The predicted molar refractivity (Wildman–Crippen MR) is 95.6 cm³/mol. The number of amides is 1. The lowest BCUT2D eigenvalue weighted by Crippen LogP contribution is -2.37. The summed E-state index contributed by atoms with van der Waals surface area (Å²) in [7, 11) is 0. The van der Waals surface area contributed by atoms with Crippen molar-refractivity contribution in [3.63, 3.8) is 0 Å². The van der Waals surface area contributed by atoms with Crippen LogP contribution in [-0.4, -0.2) is 18.6 Å². The minimum Gasteiger partial charge on any atom is -0.494 e. The first-order chi connectivity index (χ1) is 11.7. The van der Waals surface area contributed by atoms with Gasteiger partial charge in [-0.3, -0.25) is 4.79 Å². The molecule has 128 valence electrons. The molecule has 1 atom stereocenters. The molecule has 0 aliphatic carbocycles. The van der Waals surface area contributed by atoms with E-state index in [9.17, 15) is 4.79 Å². The Morgan fingerprint density at radius 2 is 1.75 bits per heavy atom. The van der Waals surface area contributed by atoms with Crippen LogP contribution in [-0.2, 0) is 11.3 Å². The standard InChI is InChI=1S/C19H22ClNO3/c1-3-16(24-18-12-8-6-10-15(18)20)19(22)21-13-14-9-5-7-11-17(14)23-4-2/h5-12,16H,3-4,13H2,1-2H3,(H,21,22)/t16-/m0/s1. The number of nitrogens with one attached hydrogen (secondary N) is 1. The van der Waals surface area contributed by atoms with E-state index in [-0.39, 0.29) is 5.91 Å². The topological polar surface area (TPSA) is 47.6 Å². The lowest BCUT2D eigenvalue weighted by molar-refractivity contribution is -0.128. The Balaban J connectivity index is 1.99. The zero-order valence-corrected chi connectivity index (χ0v) is 14.7. The van der Waals surface area contributed by atoms with Crippen molar-refractivity contribution in [3.05, 3.63) is 59.1 Å². The summed E-state index contributed by atoms with van der Waals surface area (Å²) in [6.07, 6.45) is -0.0476. The molecule has 4 nitrogen and oxygen atoms in total. The lowest BCUT2D eigenvalue weighted by atomic mass is 10.2. The van der Waals surface area contributed by atoms with Crippen LogP contribution in [0.5, 0.6) is 11.5 Å². The van der Waals surface area contributed by atoms with Crippen molar-refractivity contribution in [2.75, 3.05) is 6.61 Å². The van der Waals surface area contributed by atoms with Crippen molar-refractivity contribution < 1.29 is 14.3 Å². The van der Waals surface area contributed by atoms with E-state index in [2.05, 4.69) is 5.32 Å². The quantitative estimate of drug-likeness (QED) is 0.778. The van der Waals surface area contributed by atoms with Crippen LogP contribution in [0.15, 0.2) is 48.5 Å². The summed E-state index contributed by atoms with van der Waals surface area (Å²) in [5.41, 5.74) is 0.931. The van der Waals surface area contributed by atoms with Gasteiger partial charge in [-0.05, 0) is 31.5 Å². The van der Waals surface area contributed by atoms with Gasteiger partial charge in [0.25, 0.3) is 5.91 Å². The van der Waals surface area contributed by atoms with Crippen molar-refractivity contribution in [2.24, 2.45) is 0 Å². The summed E-state index contributed by atoms with van der Waals surface area (Å²) in [4.78, 5) is 12.4. The highest BCUT2D eigenvalue weighted by Crippen LogP contribution is 2.25. The fourth-order valence-electron chi connectivity index (χ4n) is 2.26. The minimum absolute atomic E-state index is 0.177. The van der Waals surface area contributed by atoms with Gasteiger partial charge in [0, 0.05) is 12.1 Å². The maximum Gasteiger partial charge on any atom is 0.261 e. The van der Waals surface area contributed by atoms with Crippen LogP contribution < -0.4 is 14.8 Å². The molecule has 0 aliphatic rings. The number of carbonyl (C=O) groups excluding carboxylic acids is 1. The molecule has 1 amide bonds. The summed E-state index contributed by atoms with van der Waals surface area (Å²) in [6, 6.07) is 14.8. The summed E-state index contributed by atoms with van der Waals surface area (Å²) in [5.74, 6) is 1.11. The maximum absolute atomic E-state index is 12.4. The molecule has 1 N–H and O–H groups in total. The van der Waals surface area contributed by atoms with E-state index in [1.165, 1.54) is 0 Å². The molecule has 0 bridgehead atoms. The number of benzene rings is 2. The molecular formula is C19H22ClNO3. The molecule has 0 saturated carbocycles. The summed E-state index contributed by atoms with van der Waals surface area (Å²) in [6.45, 7) is 4.80. The zero-order chi connectivity index (χ0) is 17.4. The summed E-state index contributed by atoms with van der Waals surface area (Å²) in [5, 5.41) is 3.39. The first-order valence-electron chi connectivity index (χ1n) is 8.05. The number of ether oxygens (including phenoxy) is 2. The Morgan fingerprint density at radius 1 is 1.08 bits per heavy atom. The molecule has 0 saturated heterocycles. The highest BCUT2D eigenvalue weighted by Gasteiger charge is 2.19. The molecule has 0 radical (unpaired) electrons. The van der Waals surface area contributed by atoms with Crippen LogP contribution in [0.3, 0.4) is 0 Å². The highest BCUT2D eigenvalue weighted by atomic mass is 35.5. The van der Waals surface area contributed by atoms with E-state index in [4.69, 9.17) is 21.1 Å². The number of halogens is 1. The summed E-state index contributed by atoms with van der Waals surface area (Å²) >= 11 is 6.09. The first-order valence-corrected chi connectivity index (χ1v) is 8.43. The zero-order valence-electron chi connectivity index (χ0n) is 13.9. The van der Waals surface area contributed by atoms with Crippen molar-refractivity contribution in [3.8, 4) is 11.5 Å². The van der Waals surface area contributed by atoms with E-state index >= 15 is 0 Å². The van der Waals surface area contributed by atoms with Gasteiger partial charge < -0.3 is 14.8 Å². The Hall–Kier alpha value is -2.20. The molecule has 0 aliphatic heterocycles. The van der Waals surface area contributed by atoms with Crippen LogP contribution >= 0.6 is 11.6 Å². The fourth-order valence-corrected chi connectivity index (χ4v) is 2.44. The molecule has 0 aromatic heterocycles. The van der Waals surface area contributed by atoms with Gasteiger partial charge >= 0.3 is 0 Å². The average Bonchev–Trinajstić information content (AvgIpc) is 2.60. The molecule has 2 aromatic rings. The maximum atomic E-state index is 12.4. The molecule has 0 spiro atoms. The summed E-state index contributed by atoms with van der Waals surface area (Å²) < 4.78 is 11.3. The first kappa shape index (κ1) is 18.1. The molecule has 5 heteroatoms. The number of carbonyl (C=O) groups is 1. The van der Waals surface area contributed by atoms with Crippen LogP contribution in [0.1, 0.15) is 25.8 Å². The van der Waals surface area contributed by atoms with Gasteiger partial charge in [-0.25, -0.2) is 0 Å². The van der Waals surface area contributed by atoms with E-state index in [1.807, 2.05) is 50.2 Å². The number of para-hydroxylation sites is 2. The van der Waals surface area contributed by atoms with Crippen LogP contribution in [0.4, 0.5) is 0 Å². The van der Waals surface area contributed by atoms with Crippen molar-refractivity contribution in [2.45, 2.75) is 32.9 Å². The third-order valence-electron chi connectivity index (χ3n) is 3.49. The van der Waals surface area contributed by atoms with Crippen LogP contribution in [0, 0.1) is 0 Å². The number of hydrogen-bond acceptors (Lipinski definition) is 3. The fraction of sp³-hybridized carbons (Fsp3) is 0.316. The second-order valence-electron chi connectivity index (χ2n) is 5.20. The second-order valence-corrected chi connectivity index (χ2v) is 5.61. The SMILES string of the molecule is CCOc1ccccc1CNC(=O)[C@H](CC)Oc1ccccc1Cl. The van der Waals surface area contributed by atoms with Gasteiger partial charge in [0.15, 0.2) is 6.10 Å². The minimum atomic E-state index is -0.593. The third kappa shape index (κ3) is 4.90. The molecule has 0 heterocycles. The van der Waals surface area contributed by atoms with Gasteiger partial charge in [0.05, 0.1) is 11.6 Å². The molecular weight excluding hydrogens is 326 g/mol. The van der Waals surface area contributed by atoms with E-state index < -0.39 is 6.10 Å².